The summed E-state index contributed by atoms with van der Waals surface area (Å²) in [6.45, 7) is 4.89. The van der Waals surface area contributed by atoms with Gasteiger partial charge in [0.1, 0.15) is 11.5 Å². The van der Waals surface area contributed by atoms with Crippen molar-refractivity contribution in [3.8, 4) is 11.5 Å². The van der Waals surface area contributed by atoms with Crippen molar-refractivity contribution >= 4 is 27.4 Å². The molecule has 0 aliphatic rings. The average molecular weight is 419 g/mol. The van der Waals surface area contributed by atoms with Crippen molar-refractivity contribution < 1.29 is 27.5 Å². The zero-order valence-corrected chi connectivity index (χ0v) is 17.7. The van der Waals surface area contributed by atoms with Gasteiger partial charge in [0.2, 0.25) is 0 Å². The first-order valence-corrected chi connectivity index (χ1v) is 10.8. The van der Waals surface area contributed by atoms with E-state index >= 15 is 0 Å². The molecule has 29 heavy (non-hydrogen) atoms. The van der Waals surface area contributed by atoms with E-state index in [1.165, 1.54) is 44.4 Å². The maximum Gasteiger partial charge on any atom is 0.308 e. The smallest absolute Gasteiger partial charge is 0.308 e. The van der Waals surface area contributed by atoms with Gasteiger partial charge in [0.05, 0.1) is 28.5 Å². The Balaban J connectivity index is 2.43. The number of methoxy groups -OCH3 is 1. The highest BCUT2D eigenvalue weighted by Crippen LogP contribution is 2.31. The molecule has 2 rings (SSSR count). The van der Waals surface area contributed by atoms with Crippen LogP contribution in [0.1, 0.15) is 44.0 Å². The van der Waals surface area contributed by atoms with E-state index in [9.17, 15) is 18.0 Å². The van der Waals surface area contributed by atoms with Crippen LogP contribution in [0.3, 0.4) is 0 Å². The molecule has 2 aromatic rings. The van der Waals surface area contributed by atoms with Crippen LogP contribution in [0.4, 0.5) is 5.69 Å². The highest BCUT2D eigenvalue weighted by molar-refractivity contribution is 7.92. The van der Waals surface area contributed by atoms with Crippen molar-refractivity contribution in [2.75, 3.05) is 12.4 Å². The van der Waals surface area contributed by atoms with E-state index < -0.39 is 27.0 Å². The second-order valence-electron chi connectivity index (χ2n) is 6.39. The van der Waals surface area contributed by atoms with Crippen LogP contribution in [0.5, 0.6) is 11.5 Å². The SMILES string of the molecule is CCC(CC)S(=O)(=O)c1ccc(OC)c(NC(=O)c2ccccc2OC(C)=O)c1. The van der Waals surface area contributed by atoms with Gasteiger partial charge in [-0.25, -0.2) is 8.42 Å². The van der Waals surface area contributed by atoms with Crippen molar-refractivity contribution in [1.29, 1.82) is 0 Å². The molecule has 0 unspecified atom stereocenters. The molecule has 0 fully saturated rings. The van der Waals surface area contributed by atoms with Gasteiger partial charge < -0.3 is 14.8 Å². The number of hydrogen-bond acceptors (Lipinski definition) is 6. The Labute approximate surface area is 170 Å². The first-order chi connectivity index (χ1) is 13.7. The number of amides is 1. The van der Waals surface area contributed by atoms with Gasteiger partial charge in [-0.05, 0) is 43.2 Å². The largest absolute Gasteiger partial charge is 0.495 e. The molecule has 0 radical (unpaired) electrons. The second kappa shape index (κ2) is 9.56. The Bertz CT molecular complexity index is 996. The predicted molar refractivity (Wildman–Crippen MR) is 110 cm³/mol. The minimum atomic E-state index is -3.55. The van der Waals surface area contributed by atoms with Crippen molar-refractivity contribution in [1.82, 2.24) is 0 Å². The van der Waals surface area contributed by atoms with E-state index in [1.54, 1.807) is 12.1 Å². The Morgan fingerprint density at radius 3 is 2.28 bits per heavy atom. The molecule has 8 heteroatoms. The monoisotopic (exact) mass is 419 g/mol. The molecule has 2 aromatic carbocycles. The van der Waals surface area contributed by atoms with Crippen molar-refractivity contribution in [2.45, 2.75) is 43.8 Å². The first-order valence-electron chi connectivity index (χ1n) is 9.25. The second-order valence-corrected chi connectivity index (χ2v) is 8.62. The predicted octanol–water partition coefficient (Wildman–Crippen LogP) is 3.84. The van der Waals surface area contributed by atoms with Crippen LogP contribution in [-0.2, 0) is 14.6 Å². The van der Waals surface area contributed by atoms with Crippen LogP contribution in [0.2, 0.25) is 0 Å². The molecule has 7 nitrogen and oxygen atoms in total. The van der Waals surface area contributed by atoms with E-state index in [0.29, 0.717) is 18.6 Å². The van der Waals surface area contributed by atoms with E-state index in [-0.39, 0.29) is 21.9 Å². The summed E-state index contributed by atoms with van der Waals surface area (Å²) in [6, 6.07) is 10.6. The van der Waals surface area contributed by atoms with Crippen LogP contribution < -0.4 is 14.8 Å². The van der Waals surface area contributed by atoms with Gasteiger partial charge in [-0.3, -0.25) is 9.59 Å². The van der Waals surface area contributed by atoms with E-state index in [2.05, 4.69) is 5.32 Å². The Kier molecular flexibility index (Phi) is 7.39. The number of benzene rings is 2. The lowest BCUT2D eigenvalue weighted by molar-refractivity contribution is -0.131. The molecule has 0 aromatic heterocycles. The summed E-state index contributed by atoms with van der Waals surface area (Å²) < 4.78 is 36.1. The maximum absolute atomic E-state index is 12.9. The molecule has 0 saturated carbocycles. The molecule has 1 N–H and O–H groups in total. The van der Waals surface area contributed by atoms with Crippen LogP contribution in [-0.4, -0.2) is 32.7 Å². The maximum atomic E-state index is 12.9. The Morgan fingerprint density at radius 1 is 1.03 bits per heavy atom. The fourth-order valence-corrected chi connectivity index (χ4v) is 4.77. The van der Waals surface area contributed by atoms with Crippen LogP contribution in [0, 0.1) is 0 Å². The minimum absolute atomic E-state index is 0.107. The van der Waals surface area contributed by atoms with Crippen LogP contribution in [0.15, 0.2) is 47.4 Å². The third-order valence-electron chi connectivity index (χ3n) is 4.48. The zero-order chi connectivity index (χ0) is 21.6. The lowest BCUT2D eigenvalue weighted by Gasteiger charge is -2.17. The summed E-state index contributed by atoms with van der Waals surface area (Å²) in [5.41, 5.74) is 0.347. The molecule has 156 valence electrons. The molecule has 0 aliphatic heterocycles. The van der Waals surface area contributed by atoms with Crippen LogP contribution in [0.25, 0.3) is 0 Å². The van der Waals surface area contributed by atoms with Gasteiger partial charge in [0.15, 0.2) is 9.84 Å². The molecule has 0 saturated heterocycles. The molecule has 0 aliphatic carbocycles. The zero-order valence-electron chi connectivity index (χ0n) is 16.9. The molecular weight excluding hydrogens is 394 g/mol. The first kappa shape index (κ1) is 22.4. The number of hydrogen-bond donors (Lipinski definition) is 1. The third-order valence-corrected chi connectivity index (χ3v) is 6.94. The summed E-state index contributed by atoms with van der Waals surface area (Å²) in [5.74, 6) is -0.692. The number of rotatable bonds is 8. The number of para-hydroxylation sites is 1. The lowest BCUT2D eigenvalue weighted by atomic mass is 10.1. The highest BCUT2D eigenvalue weighted by Gasteiger charge is 2.26. The van der Waals surface area contributed by atoms with Gasteiger partial charge in [0.25, 0.3) is 5.91 Å². The fraction of sp³-hybridized carbons (Fsp3) is 0.333. The van der Waals surface area contributed by atoms with Crippen LogP contribution >= 0.6 is 0 Å². The number of nitrogens with one attached hydrogen (secondary N) is 1. The normalized spacial score (nSPS) is 11.2. The number of ether oxygens (including phenoxy) is 2. The molecule has 0 bridgehead atoms. The fourth-order valence-electron chi connectivity index (χ4n) is 2.97. The standard InChI is InChI=1S/C21H25NO6S/c1-5-15(6-2)29(25,26)16-11-12-20(27-4)18(13-16)22-21(24)17-9-7-8-10-19(17)28-14(3)23/h7-13,15H,5-6H2,1-4H3,(H,22,24). The van der Waals surface area contributed by atoms with Crippen molar-refractivity contribution in [3.63, 3.8) is 0 Å². The van der Waals surface area contributed by atoms with E-state index in [0.717, 1.165) is 0 Å². The van der Waals surface area contributed by atoms with Gasteiger partial charge in [-0.15, -0.1) is 0 Å². The summed E-state index contributed by atoms with van der Waals surface area (Å²) in [4.78, 5) is 24.2. The number of carbonyl (C=O) groups excluding carboxylic acids is 2. The summed E-state index contributed by atoms with van der Waals surface area (Å²) in [6.07, 6.45) is 0.977. The summed E-state index contributed by atoms with van der Waals surface area (Å²) in [7, 11) is -2.13. The highest BCUT2D eigenvalue weighted by atomic mass is 32.2. The number of anilines is 1. The molecule has 1 amide bonds. The minimum Gasteiger partial charge on any atom is -0.495 e. The average Bonchev–Trinajstić information content (AvgIpc) is 2.68. The summed E-state index contributed by atoms with van der Waals surface area (Å²) >= 11 is 0. The van der Waals surface area contributed by atoms with E-state index in [1.807, 2.05) is 13.8 Å². The van der Waals surface area contributed by atoms with Gasteiger partial charge in [-0.1, -0.05) is 26.0 Å². The number of sulfone groups is 1. The van der Waals surface area contributed by atoms with Crippen molar-refractivity contribution in [2.24, 2.45) is 0 Å². The van der Waals surface area contributed by atoms with Gasteiger partial charge in [-0.2, -0.15) is 0 Å². The quantitative estimate of drug-likeness (QED) is 0.516. The summed E-state index contributed by atoms with van der Waals surface area (Å²) in [5, 5.41) is 2.15. The molecule has 0 atom stereocenters. The van der Waals surface area contributed by atoms with Gasteiger partial charge in [0, 0.05) is 6.92 Å². The van der Waals surface area contributed by atoms with Gasteiger partial charge >= 0.3 is 5.97 Å². The lowest BCUT2D eigenvalue weighted by Crippen LogP contribution is -2.20. The number of carbonyl (C=O) groups is 2. The topological polar surface area (TPSA) is 98.8 Å². The third kappa shape index (κ3) is 5.14. The molecule has 0 spiro atoms. The van der Waals surface area contributed by atoms with Crippen molar-refractivity contribution in [3.05, 3.63) is 48.0 Å². The Morgan fingerprint density at radius 2 is 1.69 bits per heavy atom. The molecular formula is C21H25NO6S. The Hall–Kier alpha value is -2.87. The molecule has 0 heterocycles. The number of esters is 1. The van der Waals surface area contributed by atoms with E-state index in [4.69, 9.17) is 9.47 Å².